The average molecular weight is 487 g/mol. The molecule has 0 aliphatic carbocycles. The van der Waals surface area contributed by atoms with E-state index in [0.717, 1.165) is 11.1 Å². The van der Waals surface area contributed by atoms with Gasteiger partial charge in [-0.05, 0) is 54.8 Å². The molecule has 0 radical (unpaired) electrons. The van der Waals surface area contributed by atoms with Crippen molar-refractivity contribution in [3.05, 3.63) is 107 Å². The molecule has 0 saturated carbocycles. The van der Waals surface area contributed by atoms with Crippen molar-refractivity contribution in [2.24, 2.45) is 5.73 Å². The number of carbonyl (C=O) groups is 2. The maximum Gasteiger partial charge on any atom is 0.304 e. The zero-order valence-electron chi connectivity index (χ0n) is 20.4. The summed E-state index contributed by atoms with van der Waals surface area (Å²) in [5, 5.41) is 17.5. The standard InChI is InChI=1S/C29H30N2O5/c1-19(30)29(20(2)32)26(16-28(33)34)22-10-14-25(15-11-22)35-17-21-8-12-24(13-9-21)36-18-27(31)23-6-4-3-5-7-23/h3-15,26,31H,16-18,30H2,1-2H3,(H,33,34). The van der Waals surface area contributed by atoms with Gasteiger partial charge in [0, 0.05) is 17.2 Å². The van der Waals surface area contributed by atoms with Crippen LogP contribution in [0.1, 0.15) is 42.9 Å². The molecule has 3 aromatic carbocycles. The number of hydrogen-bond donors (Lipinski definition) is 3. The predicted octanol–water partition coefficient (Wildman–Crippen LogP) is 5.09. The monoisotopic (exact) mass is 486 g/mol. The first kappa shape index (κ1) is 26.2. The number of hydrogen-bond acceptors (Lipinski definition) is 6. The number of rotatable bonds is 12. The zero-order valence-corrected chi connectivity index (χ0v) is 20.4. The van der Waals surface area contributed by atoms with Gasteiger partial charge >= 0.3 is 5.97 Å². The largest absolute Gasteiger partial charge is 0.489 e. The summed E-state index contributed by atoms with van der Waals surface area (Å²) in [7, 11) is 0. The van der Waals surface area contributed by atoms with Crippen LogP contribution in [0.5, 0.6) is 11.5 Å². The molecule has 0 saturated heterocycles. The Morgan fingerprint density at radius 3 is 2.03 bits per heavy atom. The zero-order chi connectivity index (χ0) is 26.1. The van der Waals surface area contributed by atoms with Crippen molar-refractivity contribution < 1.29 is 24.2 Å². The number of nitrogens with two attached hydrogens (primary N) is 1. The van der Waals surface area contributed by atoms with Crippen molar-refractivity contribution in [1.29, 1.82) is 5.41 Å². The predicted molar refractivity (Wildman–Crippen MR) is 139 cm³/mol. The number of aliphatic carboxylic acids is 1. The molecule has 1 atom stereocenters. The van der Waals surface area contributed by atoms with Gasteiger partial charge in [-0.1, -0.05) is 54.6 Å². The Kier molecular flexibility index (Phi) is 9.00. The Balaban J connectivity index is 1.58. The molecule has 36 heavy (non-hydrogen) atoms. The molecule has 0 aromatic heterocycles. The third-order valence-corrected chi connectivity index (χ3v) is 5.65. The lowest BCUT2D eigenvalue weighted by Gasteiger charge is -2.19. The molecule has 7 nitrogen and oxygen atoms in total. The SMILES string of the molecule is CC(=O)C(=C(C)N)C(CC(=O)O)c1ccc(OCc2ccc(OCC(=N)c3ccccc3)cc2)cc1. The minimum absolute atomic E-state index is 0.180. The highest BCUT2D eigenvalue weighted by Crippen LogP contribution is 2.31. The summed E-state index contributed by atoms with van der Waals surface area (Å²) in [4.78, 5) is 23.5. The molecule has 0 aliphatic rings. The molecule has 0 amide bonds. The van der Waals surface area contributed by atoms with Crippen molar-refractivity contribution in [2.75, 3.05) is 6.61 Å². The molecule has 3 aromatic rings. The Bertz CT molecular complexity index is 1230. The highest BCUT2D eigenvalue weighted by Gasteiger charge is 2.24. The molecule has 4 N–H and O–H groups in total. The molecule has 186 valence electrons. The van der Waals surface area contributed by atoms with Crippen LogP contribution >= 0.6 is 0 Å². The Labute approximate surface area is 210 Å². The van der Waals surface area contributed by atoms with Gasteiger partial charge in [0.25, 0.3) is 0 Å². The van der Waals surface area contributed by atoms with E-state index >= 15 is 0 Å². The van der Waals surface area contributed by atoms with E-state index in [0.29, 0.717) is 40.7 Å². The van der Waals surface area contributed by atoms with E-state index < -0.39 is 11.9 Å². The van der Waals surface area contributed by atoms with Crippen LogP contribution in [0.3, 0.4) is 0 Å². The van der Waals surface area contributed by atoms with Crippen molar-refractivity contribution >= 4 is 17.5 Å². The molecule has 1 unspecified atom stereocenters. The van der Waals surface area contributed by atoms with Gasteiger partial charge < -0.3 is 25.7 Å². The number of carboxylic acids is 1. The normalized spacial score (nSPS) is 12.3. The average Bonchev–Trinajstić information content (AvgIpc) is 2.86. The van der Waals surface area contributed by atoms with Gasteiger partial charge in [-0.15, -0.1) is 0 Å². The molecule has 7 heteroatoms. The lowest BCUT2D eigenvalue weighted by atomic mass is 9.85. The van der Waals surface area contributed by atoms with Gasteiger partial charge in [0.05, 0.1) is 12.1 Å². The smallest absolute Gasteiger partial charge is 0.304 e. The van der Waals surface area contributed by atoms with E-state index in [9.17, 15) is 14.7 Å². The molecule has 3 rings (SSSR count). The summed E-state index contributed by atoms with van der Waals surface area (Å²) < 4.78 is 11.6. The van der Waals surface area contributed by atoms with Crippen LogP contribution in [0, 0.1) is 5.41 Å². The van der Waals surface area contributed by atoms with Gasteiger partial charge in [-0.25, -0.2) is 0 Å². The van der Waals surface area contributed by atoms with E-state index in [1.807, 2.05) is 54.6 Å². The Morgan fingerprint density at radius 2 is 1.47 bits per heavy atom. The summed E-state index contributed by atoms with van der Waals surface area (Å²) in [5.41, 5.74) is 9.37. The molecule has 0 bridgehead atoms. The summed E-state index contributed by atoms with van der Waals surface area (Å²) >= 11 is 0. The third kappa shape index (κ3) is 7.30. The summed E-state index contributed by atoms with van der Waals surface area (Å²) in [6, 6.07) is 23.9. The topological polar surface area (TPSA) is 123 Å². The quantitative estimate of drug-likeness (QED) is 0.242. The second-order valence-electron chi connectivity index (χ2n) is 8.44. The van der Waals surface area contributed by atoms with Crippen LogP contribution in [-0.4, -0.2) is 29.2 Å². The Morgan fingerprint density at radius 1 is 0.889 bits per heavy atom. The summed E-state index contributed by atoms with van der Waals surface area (Å²) in [6.07, 6.45) is -0.233. The molecule has 0 fully saturated rings. The minimum atomic E-state index is -1.01. The fourth-order valence-electron chi connectivity index (χ4n) is 3.88. The number of carbonyl (C=O) groups excluding carboxylic acids is 1. The number of Topliss-reactive ketones (excluding diaryl/α,β-unsaturated/α-hetero) is 1. The number of benzene rings is 3. The van der Waals surface area contributed by atoms with Crippen molar-refractivity contribution in [2.45, 2.75) is 32.8 Å². The van der Waals surface area contributed by atoms with E-state index in [1.54, 1.807) is 31.2 Å². The van der Waals surface area contributed by atoms with Gasteiger partial charge in [0.1, 0.15) is 24.7 Å². The number of ketones is 1. The van der Waals surface area contributed by atoms with Crippen LogP contribution in [-0.2, 0) is 16.2 Å². The first-order chi connectivity index (χ1) is 17.2. The van der Waals surface area contributed by atoms with E-state index in [4.69, 9.17) is 20.6 Å². The lowest BCUT2D eigenvalue weighted by molar-refractivity contribution is -0.137. The fourth-order valence-corrected chi connectivity index (χ4v) is 3.88. The van der Waals surface area contributed by atoms with E-state index in [2.05, 4.69) is 0 Å². The van der Waals surface area contributed by atoms with Crippen LogP contribution in [0.4, 0.5) is 0 Å². The minimum Gasteiger partial charge on any atom is -0.489 e. The fraction of sp³-hybridized carbons (Fsp3) is 0.207. The number of carboxylic acid groups (broad SMARTS) is 1. The highest BCUT2D eigenvalue weighted by molar-refractivity contribution is 5.99. The summed E-state index contributed by atoms with van der Waals surface area (Å²) in [5.74, 6) is -0.606. The first-order valence-corrected chi connectivity index (χ1v) is 11.5. The van der Waals surface area contributed by atoms with E-state index in [-0.39, 0.29) is 18.8 Å². The lowest BCUT2D eigenvalue weighted by Crippen LogP contribution is -2.17. The van der Waals surface area contributed by atoms with Gasteiger partial charge in [-0.2, -0.15) is 0 Å². The maximum absolute atomic E-state index is 12.1. The highest BCUT2D eigenvalue weighted by atomic mass is 16.5. The van der Waals surface area contributed by atoms with Gasteiger partial charge in [0.15, 0.2) is 5.78 Å². The van der Waals surface area contributed by atoms with Crippen LogP contribution in [0.15, 0.2) is 90.1 Å². The molecular formula is C29H30N2O5. The molecular weight excluding hydrogens is 456 g/mol. The third-order valence-electron chi connectivity index (χ3n) is 5.65. The van der Waals surface area contributed by atoms with Crippen molar-refractivity contribution in [3.63, 3.8) is 0 Å². The Hall–Kier alpha value is -4.39. The number of allylic oxidation sites excluding steroid dienone is 2. The second kappa shape index (κ2) is 12.4. The van der Waals surface area contributed by atoms with Crippen LogP contribution < -0.4 is 15.2 Å². The van der Waals surface area contributed by atoms with Crippen LogP contribution in [0.2, 0.25) is 0 Å². The number of nitrogens with one attached hydrogen (secondary N) is 1. The van der Waals surface area contributed by atoms with Gasteiger partial charge in [-0.3, -0.25) is 9.59 Å². The van der Waals surface area contributed by atoms with Gasteiger partial charge in [0.2, 0.25) is 0 Å². The maximum atomic E-state index is 12.1. The van der Waals surface area contributed by atoms with Crippen LogP contribution in [0.25, 0.3) is 0 Å². The van der Waals surface area contributed by atoms with E-state index in [1.165, 1.54) is 6.92 Å². The molecule has 0 heterocycles. The molecule has 0 spiro atoms. The van der Waals surface area contributed by atoms with Crippen molar-refractivity contribution in [3.8, 4) is 11.5 Å². The second-order valence-corrected chi connectivity index (χ2v) is 8.44. The first-order valence-electron chi connectivity index (χ1n) is 11.5. The molecule has 0 aliphatic heterocycles. The number of ether oxygens (including phenoxy) is 2. The van der Waals surface area contributed by atoms with Crippen molar-refractivity contribution in [1.82, 2.24) is 0 Å². The summed E-state index contributed by atoms with van der Waals surface area (Å²) in [6.45, 7) is 3.51.